The first-order valence-corrected chi connectivity index (χ1v) is 6.56. The average molecular weight is 293 g/mol. The number of rotatable bonds is 3. The van der Waals surface area contributed by atoms with Crippen LogP contribution in [0.3, 0.4) is 0 Å². The number of β-amino-alcohol motifs (C(OH)–C–C–N with tert-alkyl or cyclic N) is 1. The molecule has 9 nitrogen and oxygen atoms in total. The monoisotopic (exact) mass is 293 g/mol. The van der Waals surface area contributed by atoms with Gasteiger partial charge >= 0.3 is 0 Å². The maximum Gasteiger partial charge on any atom is 0.260 e. The van der Waals surface area contributed by atoms with Crippen molar-refractivity contribution >= 4 is 11.6 Å². The van der Waals surface area contributed by atoms with Crippen LogP contribution < -0.4 is 4.74 Å². The summed E-state index contributed by atoms with van der Waals surface area (Å²) < 4.78 is 12.0. The average Bonchev–Trinajstić information content (AvgIpc) is 2.84. The van der Waals surface area contributed by atoms with Crippen LogP contribution in [0.15, 0.2) is 18.5 Å². The van der Waals surface area contributed by atoms with Crippen molar-refractivity contribution in [3.8, 4) is 5.88 Å². The highest BCUT2D eigenvalue weighted by Crippen LogP contribution is 2.08. The lowest BCUT2D eigenvalue weighted by molar-refractivity contribution is -0.134. The lowest BCUT2D eigenvalue weighted by Gasteiger charge is -2.21. The molecule has 1 saturated heterocycles. The van der Waals surface area contributed by atoms with E-state index in [2.05, 4.69) is 15.3 Å². The van der Waals surface area contributed by atoms with Crippen LogP contribution in [-0.2, 0) is 9.53 Å². The van der Waals surface area contributed by atoms with E-state index in [1.165, 1.54) is 15.7 Å². The maximum absolute atomic E-state index is 12.1. The fourth-order valence-corrected chi connectivity index (χ4v) is 2.03. The number of carbonyl (C=O) groups excluding carboxylic acids is 1. The third kappa shape index (κ3) is 3.26. The van der Waals surface area contributed by atoms with Crippen molar-refractivity contribution in [3.63, 3.8) is 0 Å². The van der Waals surface area contributed by atoms with Gasteiger partial charge in [-0.05, 0) is 6.07 Å². The molecule has 1 atom stereocenters. The van der Waals surface area contributed by atoms with Crippen molar-refractivity contribution in [2.24, 2.45) is 0 Å². The molecule has 0 saturated carbocycles. The molecule has 0 bridgehead atoms. The van der Waals surface area contributed by atoms with Crippen LogP contribution >= 0.6 is 0 Å². The number of aliphatic hydroxyl groups is 1. The second-order valence-corrected chi connectivity index (χ2v) is 4.66. The summed E-state index contributed by atoms with van der Waals surface area (Å²) in [5.41, 5.74) is 0.599. The molecule has 1 fully saturated rings. The van der Waals surface area contributed by atoms with Crippen LogP contribution in [0.25, 0.3) is 5.65 Å². The SMILES string of the molecule is O=C(COc1ccc2nncn2n1)N1CCOC[C@@H](O)C1. The standard InChI is InChI=1S/C12H15N5O4/c18-9-5-16(3-4-20-6-9)12(19)7-21-11-2-1-10-14-13-8-17(10)15-11/h1-2,8-9,18H,3-7H2/t9-/m0/s1. The molecule has 9 heteroatoms. The smallest absolute Gasteiger partial charge is 0.260 e. The molecular formula is C12H15N5O4. The van der Waals surface area contributed by atoms with Crippen LogP contribution in [0.5, 0.6) is 5.88 Å². The number of carbonyl (C=O) groups is 1. The van der Waals surface area contributed by atoms with Crippen molar-refractivity contribution in [2.45, 2.75) is 6.10 Å². The van der Waals surface area contributed by atoms with Gasteiger partial charge in [0, 0.05) is 19.2 Å². The molecule has 1 aliphatic rings. The Balaban J connectivity index is 1.59. The van der Waals surface area contributed by atoms with Gasteiger partial charge in [-0.3, -0.25) is 4.79 Å². The van der Waals surface area contributed by atoms with Crippen molar-refractivity contribution in [1.82, 2.24) is 24.7 Å². The minimum absolute atomic E-state index is 0.145. The summed E-state index contributed by atoms with van der Waals surface area (Å²) in [5, 5.41) is 21.2. The van der Waals surface area contributed by atoms with Gasteiger partial charge in [-0.2, -0.15) is 4.52 Å². The lowest BCUT2D eigenvalue weighted by atomic mass is 10.3. The zero-order chi connectivity index (χ0) is 14.7. The van der Waals surface area contributed by atoms with Gasteiger partial charge in [-0.15, -0.1) is 15.3 Å². The highest BCUT2D eigenvalue weighted by molar-refractivity contribution is 5.77. The Morgan fingerprint density at radius 2 is 2.43 bits per heavy atom. The summed E-state index contributed by atoms with van der Waals surface area (Å²) in [4.78, 5) is 13.6. The van der Waals surface area contributed by atoms with Gasteiger partial charge in [-0.25, -0.2) is 0 Å². The first-order valence-electron chi connectivity index (χ1n) is 6.56. The first kappa shape index (κ1) is 13.7. The molecule has 2 aromatic heterocycles. The summed E-state index contributed by atoms with van der Waals surface area (Å²) in [5.74, 6) is 0.0903. The number of fused-ring (bicyclic) bond motifs is 1. The molecule has 0 spiro atoms. The fraction of sp³-hybridized carbons (Fsp3) is 0.500. The summed E-state index contributed by atoms with van der Waals surface area (Å²) in [6, 6.07) is 3.32. The van der Waals surface area contributed by atoms with Crippen LogP contribution in [0.4, 0.5) is 0 Å². The summed E-state index contributed by atoms with van der Waals surface area (Å²) in [6.07, 6.45) is 0.787. The van der Waals surface area contributed by atoms with E-state index >= 15 is 0 Å². The molecule has 112 valence electrons. The van der Waals surface area contributed by atoms with E-state index in [4.69, 9.17) is 9.47 Å². The molecule has 0 aliphatic carbocycles. The van der Waals surface area contributed by atoms with Gasteiger partial charge in [0.05, 0.1) is 19.3 Å². The molecule has 3 heterocycles. The zero-order valence-electron chi connectivity index (χ0n) is 11.3. The lowest BCUT2D eigenvalue weighted by Crippen LogP contribution is -2.40. The van der Waals surface area contributed by atoms with Crippen molar-refractivity contribution < 1.29 is 19.4 Å². The number of ether oxygens (including phenoxy) is 2. The minimum atomic E-state index is -0.664. The molecule has 1 amide bonds. The molecular weight excluding hydrogens is 278 g/mol. The topological polar surface area (TPSA) is 102 Å². The number of nitrogens with zero attached hydrogens (tertiary/aromatic N) is 5. The molecule has 3 rings (SSSR count). The van der Waals surface area contributed by atoms with Crippen molar-refractivity contribution in [1.29, 1.82) is 0 Å². The Morgan fingerprint density at radius 3 is 3.33 bits per heavy atom. The second-order valence-electron chi connectivity index (χ2n) is 4.66. The van der Waals surface area contributed by atoms with E-state index in [0.29, 0.717) is 24.7 Å². The highest BCUT2D eigenvalue weighted by Gasteiger charge is 2.21. The van der Waals surface area contributed by atoms with E-state index in [9.17, 15) is 9.90 Å². The van der Waals surface area contributed by atoms with Crippen LogP contribution in [0, 0.1) is 0 Å². The Kier molecular flexibility index (Phi) is 3.93. The Hall–Kier alpha value is -2.26. The molecule has 0 radical (unpaired) electrons. The summed E-state index contributed by atoms with van der Waals surface area (Å²) in [7, 11) is 0. The van der Waals surface area contributed by atoms with E-state index in [1.807, 2.05) is 0 Å². The number of aliphatic hydroxyl groups excluding tert-OH is 1. The minimum Gasteiger partial charge on any atom is -0.467 e. The van der Waals surface area contributed by atoms with E-state index in [0.717, 1.165) is 0 Å². The molecule has 0 unspecified atom stereocenters. The number of hydrogen-bond acceptors (Lipinski definition) is 7. The molecule has 1 N–H and O–H groups in total. The number of aromatic nitrogens is 4. The van der Waals surface area contributed by atoms with E-state index in [-0.39, 0.29) is 25.7 Å². The highest BCUT2D eigenvalue weighted by atomic mass is 16.5. The van der Waals surface area contributed by atoms with Crippen molar-refractivity contribution in [2.75, 3.05) is 32.9 Å². The van der Waals surface area contributed by atoms with Gasteiger partial charge in [-0.1, -0.05) is 0 Å². The predicted octanol–water partition coefficient (Wildman–Crippen LogP) is -1.28. The largest absolute Gasteiger partial charge is 0.467 e. The van der Waals surface area contributed by atoms with Crippen LogP contribution in [0.2, 0.25) is 0 Å². The van der Waals surface area contributed by atoms with Gasteiger partial charge in [0.15, 0.2) is 12.3 Å². The summed E-state index contributed by atoms with van der Waals surface area (Å²) in [6.45, 7) is 1.20. The van der Waals surface area contributed by atoms with Gasteiger partial charge in [0.25, 0.3) is 5.91 Å². The molecule has 1 aliphatic heterocycles. The van der Waals surface area contributed by atoms with Crippen LogP contribution in [-0.4, -0.2) is 74.7 Å². The second kappa shape index (κ2) is 6.02. The zero-order valence-corrected chi connectivity index (χ0v) is 11.3. The first-order chi connectivity index (χ1) is 10.2. The summed E-state index contributed by atoms with van der Waals surface area (Å²) >= 11 is 0. The predicted molar refractivity (Wildman–Crippen MR) is 69.7 cm³/mol. The van der Waals surface area contributed by atoms with E-state index < -0.39 is 6.10 Å². The normalized spacial score (nSPS) is 19.5. The molecule has 21 heavy (non-hydrogen) atoms. The van der Waals surface area contributed by atoms with Gasteiger partial charge in [0.2, 0.25) is 5.88 Å². The quantitative estimate of drug-likeness (QED) is 0.752. The third-order valence-electron chi connectivity index (χ3n) is 3.08. The fourth-order valence-electron chi connectivity index (χ4n) is 2.03. The Morgan fingerprint density at radius 1 is 1.52 bits per heavy atom. The number of amides is 1. The Labute approximate surface area is 120 Å². The molecule has 0 aromatic carbocycles. The third-order valence-corrected chi connectivity index (χ3v) is 3.08. The Bertz CT molecular complexity index is 631. The van der Waals surface area contributed by atoms with Crippen LogP contribution in [0.1, 0.15) is 0 Å². The van der Waals surface area contributed by atoms with Crippen molar-refractivity contribution in [3.05, 3.63) is 18.5 Å². The van der Waals surface area contributed by atoms with E-state index in [1.54, 1.807) is 12.1 Å². The van der Waals surface area contributed by atoms with Gasteiger partial charge < -0.3 is 19.5 Å². The molecule has 2 aromatic rings. The van der Waals surface area contributed by atoms with Gasteiger partial charge in [0.1, 0.15) is 6.33 Å². The number of hydrogen-bond donors (Lipinski definition) is 1. The maximum atomic E-state index is 12.1.